The van der Waals surface area contributed by atoms with E-state index in [2.05, 4.69) is 4.99 Å². The Kier molecular flexibility index (Phi) is 8.16. The number of rotatable bonds is 9. The maximum Gasteiger partial charge on any atom is 0.310 e. The SMILES string of the molecule is CCOC(=O)Cc1ccccc1OCc1cc(N)c(C=NC)c(-c2cccc(CN)c2F)c1. The highest BCUT2D eigenvalue weighted by atomic mass is 19.1. The highest BCUT2D eigenvalue weighted by Gasteiger charge is 2.16. The van der Waals surface area contributed by atoms with Crippen molar-refractivity contribution in [2.45, 2.75) is 26.5 Å². The van der Waals surface area contributed by atoms with Crippen LogP contribution < -0.4 is 16.2 Å². The van der Waals surface area contributed by atoms with Gasteiger partial charge in [0.05, 0.1) is 13.0 Å². The van der Waals surface area contributed by atoms with Gasteiger partial charge in [0.15, 0.2) is 0 Å². The van der Waals surface area contributed by atoms with E-state index in [4.69, 9.17) is 20.9 Å². The molecule has 172 valence electrons. The average molecular weight is 450 g/mol. The average Bonchev–Trinajstić information content (AvgIpc) is 2.80. The van der Waals surface area contributed by atoms with Crippen molar-refractivity contribution in [3.05, 3.63) is 82.7 Å². The number of para-hydroxylation sites is 1. The number of halogens is 1. The summed E-state index contributed by atoms with van der Waals surface area (Å²) in [4.78, 5) is 16.0. The lowest BCUT2D eigenvalue weighted by molar-refractivity contribution is -0.142. The summed E-state index contributed by atoms with van der Waals surface area (Å²) in [6, 6.07) is 16.0. The topological polar surface area (TPSA) is 99.9 Å². The zero-order valence-electron chi connectivity index (χ0n) is 18.8. The third-order valence-electron chi connectivity index (χ3n) is 5.13. The molecule has 0 heterocycles. The minimum Gasteiger partial charge on any atom is -0.489 e. The molecule has 0 saturated heterocycles. The molecule has 33 heavy (non-hydrogen) atoms. The number of esters is 1. The van der Waals surface area contributed by atoms with Gasteiger partial charge in [0.25, 0.3) is 0 Å². The fraction of sp³-hybridized carbons (Fsp3) is 0.231. The Morgan fingerprint density at radius 1 is 1.09 bits per heavy atom. The van der Waals surface area contributed by atoms with Crippen LogP contribution in [0.3, 0.4) is 0 Å². The number of ether oxygens (including phenoxy) is 2. The molecule has 6 nitrogen and oxygen atoms in total. The van der Waals surface area contributed by atoms with Gasteiger partial charge in [0, 0.05) is 47.7 Å². The molecule has 4 N–H and O–H groups in total. The van der Waals surface area contributed by atoms with Crippen molar-refractivity contribution in [1.29, 1.82) is 0 Å². The summed E-state index contributed by atoms with van der Waals surface area (Å²) in [6.07, 6.45) is 1.72. The van der Waals surface area contributed by atoms with E-state index in [0.717, 1.165) is 11.1 Å². The summed E-state index contributed by atoms with van der Waals surface area (Å²) in [5.41, 5.74) is 16.0. The highest BCUT2D eigenvalue weighted by molar-refractivity contribution is 5.96. The number of nitrogens with two attached hydrogens (primary N) is 2. The molecule has 0 aliphatic rings. The zero-order valence-corrected chi connectivity index (χ0v) is 18.8. The molecule has 0 spiro atoms. The minimum absolute atomic E-state index is 0.0897. The lowest BCUT2D eigenvalue weighted by atomic mass is 9.94. The van der Waals surface area contributed by atoms with E-state index < -0.39 is 0 Å². The number of hydrogen-bond donors (Lipinski definition) is 2. The number of anilines is 1. The Balaban J connectivity index is 1.95. The molecule has 7 heteroatoms. The lowest BCUT2D eigenvalue weighted by Gasteiger charge is -2.16. The van der Waals surface area contributed by atoms with Crippen LogP contribution in [0.4, 0.5) is 10.1 Å². The Morgan fingerprint density at radius 3 is 2.58 bits per heavy atom. The molecular formula is C26H28FN3O3. The number of nitrogens with zero attached hydrogens (tertiary/aromatic N) is 1. The Bertz CT molecular complexity index is 1160. The minimum atomic E-state index is -0.386. The van der Waals surface area contributed by atoms with E-state index in [1.807, 2.05) is 24.3 Å². The molecule has 0 unspecified atom stereocenters. The van der Waals surface area contributed by atoms with E-state index in [9.17, 15) is 4.79 Å². The van der Waals surface area contributed by atoms with Crippen molar-refractivity contribution >= 4 is 17.9 Å². The molecule has 0 amide bonds. The first kappa shape index (κ1) is 23.9. The molecule has 3 rings (SSSR count). The van der Waals surface area contributed by atoms with Crippen LogP contribution in [-0.2, 0) is 29.1 Å². The van der Waals surface area contributed by atoms with Gasteiger partial charge in [-0.25, -0.2) is 4.39 Å². The van der Waals surface area contributed by atoms with Crippen molar-refractivity contribution in [3.8, 4) is 16.9 Å². The molecule has 0 radical (unpaired) electrons. The number of nitrogen functional groups attached to an aromatic ring is 1. The van der Waals surface area contributed by atoms with Crippen LogP contribution in [0.1, 0.15) is 29.2 Å². The predicted octanol–water partition coefficient (Wildman–Crippen LogP) is 4.27. The van der Waals surface area contributed by atoms with Crippen LogP contribution in [0, 0.1) is 5.82 Å². The molecule has 3 aromatic carbocycles. The quantitative estimate of drug-likeness (QED) is 0.289. The summed E-state index contributed by atoms with van der Waals surface area (Å²) in [5.74, 6) is -0.136. The lowest BCUT2D eigenvalue weighted by Crippen LogP contribution is -2.09. The van der Waals surface area contributed by atoms with Gasteiger partial charge in [0.1, 0.15) is 18.2 Å². The third-order valence-corrected chi connectivity index (χ3v) is 5.13. The number of hydrogen-bond acceptors (Lipinski definition) is 6. The largest absolute Gasteiger partial charge is 0.489 e. The molecular weight excluding hydrogens is 421 g/mol. The Morgan fingerprint density at radius 2 is 1.85 bits per heavy atom. The van der Waals surface area contributed by atoms with E-state index in [0.29, 0.717) is 40.3 Å². The molecule has 0 bridgehead atoms. The molecule has 0 saturated carbocycles. The van der Waals surface area contributed by atoms with Gasteiger partial charge in [-0.1, -0.05) is 36.4 Å². The summed E-state index contributed by atoms with van der Waals surface area (Å²) in [6.45, 7) is 2.35. The first-order valence-electron chi connectivity index (χ1n) is 10.7. The van der Waals surface area contributed by atoms with E-state index in [-0.39, 0.29) is 31.4 Å². The molecule has 3 aromatic rings. The summed E-state index contributed by atoms with van der Waals surface area (Å²) in [7, 11) is 1.63. The Hall–Kier alpha value is -3.71. The van der Waals surface area contributed by atoms with Gasteiger partial charge in [-0.15, -0.1) is 0 Å². The zero-order chi connectivity index (χ0) is 23.8. The first-order chi connectivity index (χ1) is 16.0. The van der Waals surface area contributed by atoms with E-state index >= 15 is 4.39 Å². The molecule has 0 aliphatic heterocycles. The molecule has 0 aliphatic carbocycles. The van der Waals surface area contributed by atoms with E-state index in [1.54, 1.807) is 50.5 Å². The first-order valence-corrected chi connectivity index (χ1v) is 10.7. The van der Waals surface area contributed by atoms with Crippen LogP contribution >= 0.6 is 0 Å². The van der Waals surface area contributed by atoms with Crippen molar-refractivity contribution < 1.29 is 18.7 Å². The number of carbonyl (C=O) groups is 1. The maximum atomic E-state index is 15.1. The fourth-order valence-electron chi connectivity index (χ4n) is 3.58. The summed E-state index contributed by atoms with van der Waals surface area (Å²) in [5, 5.41) is 0. The van der Waals surface area contributed by atoms with E-state index in [1.165, 1.54) is 0 Å². The van der Waals surface area contributed by atoms with Crippen LogP contribution in [-0.4, -0.2) is 25.8 Å². The van der Waals surface area contributed by atoms with Gasteiger partial charge in [-0.3, -0.25) is 9.79 Å². The second kappa shape index (κ2) is 11.2. The fourth-order valence-corrected chi connectivity index (χ4v) is 3.58. The second-order valence-electron chi connectivity index (χ2n) is 7.39. The van der Waals surface area contributed by atoms with Crippen molar-refractivity contribution in [2.75, 3.05) is 19.4 Å². The van der Waals surface area contributed by atoms with Crippen LogP contribution in [0.15, 0.2) is 59.6 Å². The third kappa shape index (κ3) is 5.75. The van der Waals surface area contributed by atoms with Crippen LogP contribution in [0.5, 0.6) is 5.75 Å². The maximum absolute atomic E-state index is 15.1. The number of aliphatic imine (C=N–C) groups is 1. The van der Waals surface area contributed by atoms with Gasteiger partial charge in [-0.2, -0.15) is 0 Å². The highest BCUT2D eigenvalue weighted by Crippen LogP contribution is 2.32. The summed E-state index contributed by atoms with van der Waals surface area (Å²) >= 11 is 0. The van der Waals surface area contributed by atoms with Gasteiger partial charge in [0.2, 0.25) is 0 Å². The van der Waals surface area contributed by atoms with Crippen molar-refractivity contribution in [1.82, 2.24) is 0 Å². The second-order valence-corrected chi connectivity index (χ2v) is 7.39. The smallest absolute Gasteiger partial charge is 0.310 e. The standard InChI is InChI=1S/C26H28FN3O3/c1-3-32-25(31)13-18-7-4-5-10-24(18)33-16-17-11-21(22(15-30-2)23(29)12-17)20-9-6-8-19(14-28)26(20)27/h4-12,15H,3,13-14,16,28-29H2,1-2H3. The number of benzene rings is 3. The Labute approximate surface area is 193 Å². The van der Waals surface area contributed by atoms with Gasteiger partial charge >= 0.3 is 5.97 Å². The van der Waals surface area contributed by atoms with Gasteiger partial charge in [-0.05, 0) is 36.2 Å². The number of carbonyl (C=O) groups excluding carboxylic acids is 1. The van der Waals surface area contributed by atoms with Crippen LogP contribution in [0.25, 0.3) is 11.1 Å². The summed E-state index contributed by atoms with van der Waals surface area (Å²) < 4.78 is 26.1. The van der Waals surface area contributed by atoms with Crippen LogP contribution in [0.2, 0.25) is 0 Å². The van der Waals surface area contributed by atoms with Gasteiger partial charge < -0.3 is 20.9 Å². The van der Waals surface area contributed by atoms with Crippen molar-refractivity contribution in [3.63, 3.8) is 0 Å². The molecule has 0 fully saturated rings. The molecule has 0 aromatic heterocycles. The predicted molar refractivity (Wildman–Crippen MR) is 129 cm³/mol. The van der Waals surface area contributed by atoms with Crippen molar-refractivity contribution in [2.24, 2.45) is 10.7 Å². The normalized spacial score (nSPS) is 11.0. The monoisotopic (exact) mass is 449 g/mol. The molecule has 0 atom stereocenters.